The fourth-order valence-electron chi connectivity index (χ4n) is 0. The lowest BCUT2D eigenvalue weighted by Gasteiger charge is -1.72. The summed E-state index contributed by atoms with van der Waals surface area (Å²) in [4.78, 5) is 9.07. The van der Waals surface area contributed by atoms with Gasteiger partial charge in [0.15, 0.2) is 0 Å². The second kappa shape index (κ2) is 1.90. The molecule has 0 bridgehead atoms. The van der Waals surface area contributed by atoms with Gasteiger partial charge >= 0.3 is 6.09 Å². The van der Waals surface area contributed by atoms with E-state index in [2.05, 4.69) is 12.8 Å². The van der Waals surface area contributed by atoms with Gasteiger partial charge in [0, 0.05) is 0 Å². The summed E-state index contributed by atoms with van der Waals surface area (Å²) in [5.41, 5.74) is 0. The zero-order valence-corrected chi connectivity index (χ0v) is 3.16. The van der Waals surface area contributed by atoms with Crippen molar-refractivity contribution in [2.24, 2.45) is 0 Å². The quantitative estimate of drug-likeness (QED) is 0.405. The molecular weight excluding hydrogens is 90.1 g/mol. The third kappa shape index (κ3) is 3.62. The molecule has 0 heterocycles. The Hall–Kier alpha value is -0.380. The lowest BCUT2D eigenvalue weighted by molar-refractivity contribution is 0.176. The Kier molecular flexibility index (Phi) is 1.75. The predicted molar refractivity (Wildman–Crippen MR) is 18.2 cm³/mol. The van der Waals surface area contributed by atoms with Crippen LogP contribution in [0.15, 0.2) is 0 Å². The highest BCUT2D eigenvalue weighted by molar-refractivity contribution is 7.78. The van der Waals surface area contributed by atoms with Crippen molar-refractivity contribution in [3.63, 3.8) is 0 Å². The third-order valence-electron chi connectivity index (χ3n) is 0.0913. The maximum absolute atomic E-state index is 9.07. The topological polar surface area (TPSA) is 49.0 Å². The number of hydrogen-bond donors (Lipinski definition) is 2. The number of rotatable bonds is 0. The Labute approximate surface area is 34.5 Å². The van der Waals surface area contributed by atoms with Crippen LogP contribution in [-0.4, -0.2) is 6.09 Å². The number of carbonyl (C=O) groups excluding carboxylic acids is 1. The molecule has 0 aromatic carbocycles. The van der Waals surface area contributed by atoms with Crippen LogP contribution in [0.4, 0.5) is 4.79 Å². The third-order valence-corrected chi connectivity index (χ3v) is 0.274. The minimum atomic E-state index is -1.38. The average molecular weight is 92.1 g/mol. The van der Waals surface area contributed by atoms with E-state index in [1.807, 2.05) is 0 Å². The van der Waals surface area contributed by atoms with E-state index < -0.39 is 6.09 Å². The monoisotopic (exact) mass is 92.0 g/mol. The van der Waals surface area contributed by atoms with E-state index in [4.69, 9.17) is 9.90 Å². The number of carbonyl (C=O) groups is 1. The van der Waals surface area contributed by atoms with E-state index in [9.17, 15) is 0 Å². The van der Waals surface area contributed by atoms with Crippen LogP contribution in [0.25, 0.3) is 0 Å². The molecule has 0 aliphatic rings. The van der Waals surface area contributed by atoms with Crippen LogP contribution in [0, 0.1) is 0 Å². The standard InChI is InChI=1S/CH2NO2S/c3-1(4)2-5/h2,5H. The molecule has 0 fully saturated rings. The normalized spacial score (nSPS) is 6.60. The van der Waals surface area contributed by atoms with Gasteiger partial charge < -0.3 is 0 Å². The molecule has 0 aromatic rings. The van der Waals surface area contributed by atoms with Crippen molar-refractivity contribution in [3.05, 3.63) is 0 Å². The van der Waals surface area contributed by atoms with Gasteiger partial charge in [0.05, 0.1) is 0 Å². The second-order valence-electron chi connectivity index (χ2n) is 0.399. The van der Waals surface area contributed by atoms with Crippen molar-refractivity contribution >= 4 is 18.9 Å². The summed E-state index contributed by atoms with van der Waals surface area (Å²) in [6, 6.07) is 0. The molecule has 1 N–H and O–H groups in total. The number of amides is 1. The fraction of sp³-hybridized carbons (Fsp3) is 0. The predicted octanol–water partition coefficient (Wildman–Crippen LogP) is -0.0287. The van der Waals surface area contributed by atoms with E-state index in [0.29, 0.717) is 0 Å². The fourth-order valence-corrected chi connectivity index (χ4v) is 0. The van der Waals surface area contributed by atoms with Crippen molar-refractivity contribution in [3.8, 4) is 0 Å². The maximum atomic E-state index is 9.07. The first-order valence-corrected chi connectivity index (χ1v) is 1.33. The van der Waals surface area contributed by atoms with Crippen LogP contribution in [0.5, 0.6) is 0 Å². The van der Waals surface area contributed by atoms with Crippen LogP contribution in [-0.2, 0) is 5.11 Å². The van der Waals surface area contributed by atoms with E-state index >= 15 is 0 Å². The van der Waals surface area contributed by atoms with Crippen molar-refractivity contribution in [2.45, 2.75) is 0 Å². The van der Waals surface area contributed by atoms with Gasteiger partial charge in [-0.05, 0) is 0 Å². The van der Waals surface area contributed by atoms with Gasteiger partial charge in [-0.1, -0.05) is 12.8 Å². The van der Waals surface area contributed by atoms with Gasteiger partial charge in [-0.2, -0.15) is 0 Å². The van der Waals surface area contributed by atoms with E-state index in [1.165, 1.54) is 4.72 Å². The molecule has 0 unspecified atom stereocenters. The molecule has 0 aliphatic heterocycles. The molecule has 0 atom stereocenters. The molecule has 0 spiro atoms. The Bertz CT molecular complexity index is 44.9. The zero-order valence-electron chi connectivity index (χ0n) is 2.26. The lowest BCUT2D eigenvalue weighted by Crippen LogP contribution is -2.04. The van der Waals surface area contributed by atoms with Crippen molar-refractivity contribution in [2.75, 3.05) is 0 Å². The first kappa shape index (κ1) is 4.62. The minimum Gasteiger partial charge on any atom is -0.265 e. The summed E-state index contributed by atoms with van der Waals surface area (Å²) in [5.74, 6) is 0. The Morgan fingerprint density at radius 2 is 2.00 bits per heavy atom. The Balaban J connectivity index is 2.85. The SMILES string of the molecule is [O]C(=O)NS. The van der Waals surface area contributed by atoms with E-state index in [0.717, 1.165) is 0 Å². The summed E-state index contributed by atoms with van der Waals surface area (Å²) < 4.78 is 1.53. The summed E-state index contributed by atoms with van der Waals surface area (Å²) in [7, 11) is 0. The highest BCUT2D eigenvalue weighted by Gasteiger charge is 1.83. The van der Waals surface area contributed by atoms with Crippen molar-refractivity contribution < 1.29 is 9.90 Å². The largest absolute Gasteiger partial charge is 0.460 e. The Morgan fingerprint density at radius 1 is 1.80 bits per heavy atom. The highest BCUT2D eigenvalue weighted by Crippen LogP contribution is 1.58. The van der Waals surface area contributed by atoms with Gasteiger partial charge in [0.2, 0.25) is 0 Å². The smallest absolute Gasteiger partial charge is 0.265 e. The minimum absolute atomic E-state index is 1.38. The average Bonchev–Trinajstić information content (AvgIpc) is 1.38. The molecule has 4 heteroatoms. The van der Waals surface area contributed by atoms with Gasteiger partial charge in [-0.25, -0.2) is 9.90 Å². The van der Waals surface area contributed by atoms with Crippen molar-refractivity contribution in [1.82, 2.24) is 4.72 Å². The molecule has 29 valence electrons. The van der Waals surface area contributed by atoms with Gasteiger partial charge in [-0.3, -0.25) is 4.72 Å². The van der Waals surface area contributed by atoms with Gasteiger partial charge in [0.25, 0.3) is 0 Å². The van der Waals surface area contributed by atoms with Gasteiger partial charge in [0.1, 0.15) is 0 Å². The molecule has 0 rings (SSSR count). The molecule has 1 amide bonds. The van der Waals surface area contributed by atoms with Gasteiger partial charge in [-0.15, -0.1) is 0 Å². The van der Waals surface area contributed by atoms with Crippen molar-refractivity contribution in [1.29, 1.82) is 0 Å². The molecule has 5 heavy (non-hydrogen) atoms. The molecule has 0 aliphatic carbocycles. The molecular formula is CH2NO2S. The summed E-state index contributed by atoms with van der Waals surface area (Å²) in [5, 5.41) is 9.07. The molecule has 0 saturated heterocycles. The highest BCUT2D eigenvalue weighted by atomic mass is 32.1. The van der Waals surface area contributed by atoms with Crippen LogP contribution in [0.1, 0.15) is 0 Å². The summed E-state index contributed by atoms with van der Waals surface area (Å²) >= 11 is 3.10. The molecule has 0 aromatic heterocycles. The van der Waals surface area contributed by atoms with Crippen LogP contribution in [0.2, 0.25) is 0 Å². The number of nitrogens with one attached hydrogen (secondary N) is 1. The lowest BCUT2D eigenvalue weighted by atomic mass is 11.3. The zero-order chi connectivity index (χ0) is 4.28. The maximum Gasteiger partial charge on any atom is 0.460 e. The van der Waals surface area contributed by atoms with E-state index in [-0.39, 0.29) is 0 Å². The first-order valence-electron chi connectivity index (χ1n) is 0.882. The Morgan fingerprint density at radius 3 is 2.00 bits per heavy atom. The molecule has 3 nitrogen and oxygen atoms in total. The number of thiol groups is 1. The van der Waals surface area contributed by atoms with Crippen LogP contribution < -0.4 is 4.72 Å². The molecule has 0 saturated carbocycles. The molecule has 1 radical (unpaired) electrons. The first-order chi connectivity index (χ1) is 2.27. The van der Waals surface area contributed by atoms with Crippen LogP contribution in [0.3, 0.4) is 0 Å². The van der Waals surface area contributed by atoms with Crippen LogP contribution >= 0.6 is 12.8 Å². The second-order valence-corrected chi connectivity index (χ2v) is 0.623. The number of hydrogen-bond acceptors (Lipinski definition) is 2. The summed E-state index contributed by atoms with van der Waals surface area (Å²) in [6.45, 7) is 0. The van der Waals surface area contributed by atoms with E-state index in [1.54, 1.807) is 0 Å². The summed E-state index contributed by atoms with van der Waals surface area (Å²) in [6.07, 6.45) is -1.38.